The average molecular weight is 243 g/mol. The molecule has 1 aromatic rings. The second kappa shape index (κ2) is 4.47. The number of halogens is 4. The SMILES string of the molecule is N[C@@H](CF)c1c(Cl)ccc(Cl)c1Cl. The van der Waals surface area contributed by atoms with Gasteiger partial charge in [0.2, 0.25) is 0 Å². The molecule has 0 unspecified atom stereocenters. The Balaban J connectivity index is 3.25. The monoisotopic (exact) mass is 241 g/mol. The molecule has 0 heterocycles. The van der Waals surface area contributed by atoms with Crippen LogP contribution in [0.5, 0.6) is 0 Å². The van der Waals surface area contributed by atoms with Crippen LogP contribution < -0.4 is 5.73 Å². The van der Waals surface area contributed by atoms with Crippen LogP contribution in [0.15, 0.2) is 12.1 Å². The molecule has 0 bridgehead atoms. The van der Waals surface area contributed by atoms with Gasteiger partial charge in [-0.3, -0.25) is 0 Å². The van der Waals surface area contributed by atoms with Gasteiger partial charge in [0.25, 0.3) is 0 Å². The van der Waals surface area contributed by atoms with Gasteiger partial charge >= 0.3 is 0 Å². The standard InChI is InChI=1S/C8H7Cl3FN/c9-4-1-2-5(10)8(11)7(4)6(13)3-12/h1-2,6H,3,13H2/t6-/m0/s1. The molecule has 0 aliphatic heterocycles. The van der Waals surface area contributed by atoms with Gasteiger partial charge in [0, 0.05) is 10.6 Å². The van der Waals surface area contributed by atoms with E-state index >= 15 is 0 Å². The molecular formula is C8H7Cl3FN. The Hall–Kier alpha value is -0.0200. The van der Waals surface area contributed by atoms with Crippen LogP contribution in [-0.4, -0.2) is 6.67 Å². The molecule has 1 rings (SSSR count). The first-order chi connectivity index (χ1) is 6.07. The number of alkyl halides is 1. The van der Waals surface area contributed by atoms with Gasteiger partial charge in [-0.05, 0) is 12.1 Å². The van der Waals surface area contributed by atoms with Crippen LogP contribution in [0.3, 0.4) is 0 Å². The maximum Gasteiger partial charge on any atom is 0.109 e. The molecule has 1 nitrogen and oxygen atoms in total. The van der Waals surface area contributed by atoms with Crippen LogP contribution in [-0.2, 0) is 0 Å². The molecule has 13 heavy (non-hydrogen) atoms. The van der Waals surface area contributed by atoms with E-state index in [-0.39, 0.29) is 5.02 Å². The van der Waals surface area contributed by atoms with E-state index in [9.17, 15) is 4.39 Å². The fourth-order valence-electron chi connectivity index (χ4n) is 0.960. The molecule has 1 aromatic carbocycles. The lowest BCUT2D eigenvalue weighted by Gasteiger charge is -2.12. The second-order valence-corrected chi connectivity index (χ2v) is 3.71. The Bertz CT molecular complexity index is 317. The van der Waals surface area contributed by atoms with E-state index in [1.54, 1.807) is 12.1 Å². The van der Waals surface area contributed by atoms with Gasteiger partial charge in [-0.15, -0.1) is 0 Å². The van der Waals surface area contributed by atoms with E-state index in [0.717, 1.165) is 0 Å². The quantitative estimate of drug-likeness (QED) is 0.788. The van der Waals surface area contributed by atoms with Crippen LogP contribution in [0.1, 0.15) is 11.6 Å². The summed E-state index contributed by atoms with van der Waals surface area (Å²) in [4.78, 5) is 0. The molecule has 5 heteroatoms. The van der Waals surface area contributed by atoms with Gasteiger partial charge in [0.05, 0.1) is 16.1 Å². The predicted octanol–water partition coefficient (Wildman–Crippen LogP) is 3.62. The van der Waals surface area contributed by atoms with Crippen molar-refractivity contribution in [1.82, 2.24) is 0 Å². The van der Waals surface area contributed by atoms with Crippen LogP contribution >= 0.6 is 34.8 Å². The number of nitrogens with two attached hydrogens (primary N) is 1. The van der Waals surface area contributed by atoms with E-state index in [2.05, 4.69) is 0 Å². The minimum Gasteiger partial charge on any atom is -0.322 e. The maximum atomic E-state index is 12.3. The van der Waals surface area contributed by atoms with Gasteiger partial charge in [-0.2, -0.15) is 0 Å². The molecule has 0 saturated carbocycles. The normalized spacial score (nSPS) is 13.0. The maximum absolute atomic E-state index is 12.3. The highest BCUT2D eigenvalue weighted by atomic mass is 35.5. The minimum atomic E-state index is -0.821. The minimum absolute atomic E-state index is 0.222. The van der Waals surface area contributed by atoms with E-state index in [0.29, 0.717) is 15.6 Å². The molecule has 0 aromatic heterocycles. The summed E-state index contributed by atoms with van der Waals surface area (Å²) in [5.74, 6) is 0. The lowest BCUT2D eigenvalue weighted by molar-refractivity contribution is 0.437. The third-order valence-corrected chi connectivity index (χ3v) is 2.76. The molecule has 0 aliphatic rings. The first kappa shape index (κ1) is 11.1. The zero-order valence-corrected chi connectivity index (χ0v) is 8.80. The summed E-state index contributed by atoms with van der Waals surface area (Å²) in [6, 6.07) is 2.26. The molecular weight excluding hydrogens is 235 g/mol. The Labute approximate surface area is 90.6 Å². The van der Waals surface area contributed by atoms with Crippen molar-refractivity contribution in [3.63, 3.8) is 0 Å². The zero-order chi connectivity index (χ0) is 10.0. The fourth-order valence-corrected chi connectivity index (χ4v) is 1.78. The highest BCUT2D eigenvalue weighted by Gasteiger charge is 2.16. The Morgan fingerprint density at radius 3 is 2.31 bits per heavy atom. The highest BCUT2D eigenvalue weighted by Crippen LogP contribution is 2.34. The van der Waals surface area contributed by atoms with Crippen molar-refractivity contribution in [2.75, 3.05) is 6.67 Å². The summed E-state index contributed by atoms with van der Waals surface area (Å²) in [6.45, 7) is -0.722. The van der Waals surface area contributed by atoms with Crippen LogP contribution in [0.2, 0.25) is 15.1 Å². The molecule has 0 amide bonds. The van der Waals surface area contributed by atoms with E-state index < -0.39 is 12.7 Å². The molecule has 2 N–H and O–H groups in total. The number of hydrogen-bond acceptors (Lipinski definition) is 1. The third-order valence-electron chi connectivity index (χ3n) is 1.62. The lowest BCUT2D eigenvalue weighted by atomic mass is 10.1. The van der Waals surface area contributed by atoms with Gasteiger partial charge in [-0.1, -0.05) is 34.8 Å². The van der Waals surface area contributed by atoms with Crippen LogP contribution in [0.4, 0.5) is 4.39 Å². The average Bonchev–Trinajstić information content (AvgIpc) is 2.12. The molecule has 0 saturated heterocycles. The van der Waals surface area contributed by atoms with Crippen LogP contribution in [0.25, 0.3) is 0 Å². The topological polar surface area (TPSA) is 26.0 Å². The molecule has 0 spiro atoms. The summed E-state index contributed by atoms with van der Waals surface area (Å²) in [5.41, 5.74) is 5.82. The summed E-state index contributed by atoms with van der Waals surface area (Å²) in [6.07, 6.45) is 0. The highest BCUT2D eigenvalue weighted by molar-refractivity contribution is 6.44. The third kappa shape index (κ3) is 2.26. The van der Waals surface area contributed by atoms with Crippen molar-refractivity contribution < 1.29 is 4.39 Å². The van der Waals surface area contributed by atoms with Gasteiger partial charge in [0.1, 0.15) is 6.67 Å². The summed E-state index contributed by atoms with van der Waals surface area (Å²) >= 11 is 17.3. The Morgan fingerprint density at radius 2 is 1.77 bits per heavy atom. The number of benzene rings is 1. The van der Waals surface area contributed by atoms with Crippen molar-refractivity contribution in [1.29, 1.82) is 0 Å². The summed E-state index contributed by atoms with van der Waals surface area (Å²) in [5, 5.41) is 0.879. The smallest absolute Gasteiger partial charge is 0.109 e. The molecule has 1 atom stereocenters. The summed E-state index contributed by atoms with van der Waals surface area (Å²) in [7, 11) is 0. The largest absolute Gasteiger partial charge is 0.322 e. The summed E-state index contributed by atoms with van der Waals surface area (Å²) < 4.78 is 12.3. The Morgan fingerprint density at radius 1 is 1.23 bits per heavy atom. The first-order valence-electron chi connectivity index (χ1n) is 3.53. The van der Waals surface area contributed by atoms with E-state index in [1.165, 1.54) is 0 Å². The van der Waals surface area contributed by atoms with Crippen molar-refractivity contribution in [2.45, 2.75) is 6.04 Å². The van der Waals surface area contributed by atoms with Crippen LogP contribution in [0, 0.1) is 0 Å². The second-order valence-electron chi connectivity index (χ2n) is 2.52. The molecule has 0 radical (unpaired) electrons. The van der Waals surface area contributed by atoms with E-state index in [4.69, 9.17) is 40.5 Å². The number of rotatable bonds is 2. The van der Waals surface area contributed by atoms with Gasteiger partial charge in [-0.25, -0.2) is 4.39 Å². The Kier molecular flexibility index (Phi) is 3.80. The van der Waals surface area contributed by atoms with Crippen molar-refractivity contribution in [3.8, 4) is 0 Å². The van der Waals surface area contributed by atoms with E-state index in [1.807, 2.05) is 0 Å². The van der Waals surface area contributed by atoms with Gasteiger partial charge in [0.15, 0.2) is 0 Å². The van der Waals surface area contributed by atoms with Crippen molar-refractivity contribution >= 4 is 34.8 Å². The van der Waals surface area contributed by atoms with Crippen molar-refractivity contribution in [3.05, 3.63) is 32.8 Å². The lowest BCUT2D eigenvalue weighted by Crippen LogP contribution is -2.13. The zero-order valence-electron chi connectivity index (χ0n) is 6.53. The molecule has 72 valence electrons. The van der Waals surface area contributed by atoms with Crippen molar-refractivity contribution in [2.24, 2.45) is 5.73 Å². The number of hydrogen-bond donors (Lipinski definition) is 1. The molecule has 0 fully saturated rings. The fraction of sp³-hybridized carbons (Fsp3) is 0.250. The first-order valence-corrected chi connectivity index (χ1v) is 4.66. The predicted molar refractivity (Wildman–Crippen MR) is 54.4 cm³/mol. The van der Waals surface area contributed by atoms with Gasteiger partial charge < -0.3 is 5.73 Å². The molecule has 0 aliphatic carbocycles.